The van der Waals surface area contributed by atoms with E-state index in [0.717, 1.165) is 54.2 Å². The highest BCUT2D eigenvalue weighted by Gasteiger charge is 2.15. The van der Waals surface area contributed by atoms with E-state index in [0.29, 0.717) is 6.54 Å². The van der Waals surface area contributed by atoms with Crippen LogP contribution in [0, 0.1) is 6.92 Å². The van der Waals surface area contributed by atoms with Crippen molar-refractivity contribution in [2.75, 3.05) is 13.6 Å². The summed E-state index contributed by atoms with van der Waals surface area (Å²) in [5, 5.41) is 18.4. The van der Waals surface area contributed by atoms with Crippen LogP contribution in [-0.2, 0) is 25.9 Å². The van der Waals surface area contributed by atoms with Crippen molar-refractivity contribution in [3.63, 3.8) is 0 Å². The Morgan fingerprint density at radius 3 is 3.04 bits per heavy atom. The summed E-state index contributed by atoms with van der Waals surface area (Å²) in [6, 6.07) is 0. The normalized spacial score (nSPS) is 14.6. The Morgan fingerprint density at radius 2 is 2.26 bits per heavy atom. The van der Waals surface area contributed by atoms with E-state index in [2.05, 4.69) is 40.8 Å². The number of hydrogen-bond acceptors (Lipinski definition) is 5. The van der Waals surface area contributed by atoms with Gasteiger partial charge in [0.05, 0.1) is 17.2 Å². The Balaban J connectivity index is 1.47. The van der Waals surface area contributed by atoms with Crippen molar-refractivity contribution in [2.24, 2.45) is 4.99 Å². The Hall–Kier alpha value is -1.96. The molecule has 7 nitrogen and oxygen atoms in total. The van der Waals surface area contributed by atoms with E-state index >= 15 is 0 Å². The molecule has 0 saturated carbocycles. The van der Waals surface area contributed by atoms with Crippen molar-refractivity contribution in [1.29, 1.82) is 0 Å². The van der Waals surface area contributed by atoms with Crippen LogP contribution in [0.3, 0.4) is 0 Å². The fraction of sp³-hybridized carbons (Fsp3) is 0.600. The molecule has 0 atom stereocenters. The second-order valence-electron chi connectivity index (χ2n) is 5.60. The van der Waals surface area contributed by atoms with Crippen LogP contribution >= 0.6 is 11.3 Å². The Morgan fingerprint density at radius 1 is 1.35 bits per heavy atom. The Kier molecular flexibility index (Phi) is 5.22. The lowest BCUT2D eigenvalue weighted by molar-refractivity contribution is 0.504. The minimum absolute atomic E-state index is 0.641. The maximum atomic E-state index is 4.46. The third-order valence-electron chi connectivity index (χ3n) is 3.91. The molecule has 0 fully saturated rings. The van der Waals surface area contributed by atoms with Gasteiger partial charge in [0.25, 0.3) is 0 Å². The first kappa shape index (κ1) is 15.9. The first-order valence-corrected chi connectivity index (χ1v) is 8.90. The van der Waals surface area contributed by atoms with Crippen LogP contribution in [0.15, 0.2) is 10.4 Å². The number of hydrogen-bond donors (Lipinski definition) is 2. The highest BCUT2D eigenvalue weighted by Crippen LogP contribution is 2.13. The van der Waals surface area contributed by atoms with Crippen LogP contribution in [0.4, 0.5) is 0 Å². The first-order chi connectivity index (χ1) is 11.3. The summed E-state index contributed by atoms with van der Waals surface area (Å²) in [5.74, 6) is 2.87. The van der Waals surface area contributed by atoms with E-state index in [-0.39, 0.29) is 0 Å². The third kappa shape index (κ3) is 4.07. The van der Waals surface area contributed by atoms with Gasteiger partial charge in [0.2, 0.25) is 0 Å². The van der Waals surface area contributed by atoms with Gasteiger partial charge >= 0.3 is 0 Å². The fourth-order valence-corrected chi connectivity index (χ4v) is 3.36. The number of nitrogens with one attached hydrogen (secondary N) is 2. The van der Waals surface area contributed by atoms with E-state index < -0.39 is 0 Å². The summed E-state index contributed by atoms with van der Waals surface area (Å²) >= 11 is 1.69. The van der Waals surface area contributed by atoms with Crippen LogP contribution in [0.25, 0.3) is 0 Å². The number of aryl methyl sites for hydroxylation is 2. The second kappa shape index (κ2) is 7.54. The molecule has 0 radical (unpaired) electrons. The SMILES string of the molecule is CN=C(NCCc1csc(C)n1)NCc1nnc2n1CCCC2. The van der Waals surface area contributed by atoms with E-state index in [1.54, 1.807) is 18.4 Å². The minimum Gasteiger partial charge on any atom is -0.356 e. The number of aliphatic imine (C=N–C) groups is 1. The zero-order chi connectivity index (χ0) is 16.1. The lowest BCUT2D eigenvalue weighted by Crippen LogP contribution is -2.38. The summed E-state index contributed by atoms with van der Waals surface area (Å²) < 4.78 is 2.22. The second-order valence-corrected chi connectivity index (χ2v) is 6.66. The lowest BCUT2D eigenvalue weighted by atomic mass is 10.2. The molecular weight excluding hydrogens is 310 g/mol. The van der Waals surface area contributed by atoms with E-state index in [1.807, 2.05) is 6.92 Å². The molecule has 2 aromatic rings. The average molecular weight is 333 g/mol. The summed E-state index contributed by atoms with van der Waals surface area (Å²) in [6.07, 6.45) is 4.35. The van der Waals surface area contributed by atoms with Gasteiger partial charge in [0, 0.05) is 38.4 Å². The maximum absolute atomic E-state index is 4.46. The zero-order valence-electron chi connectivity index (χ0n) is 13.7. The Labute approximate surface area is 140 Å². The van der Waals surface area contributed by atoms with Crippen molar-refractivity contribution in [3.8, 4) is 0 Å². The van der Waals surface area contributed by atoms with Crippen LogP contribution in [0.2, 0.25) is 0 Å². The van der Waals surface area contributed by atoms with E-state index in [9.17, 15) is 0 Å². The quantitative estimate of drug-likeness (QED) is 0.636. The number of thiazole rings is 1. The number of fused-ring (bicyclic) bond motifs is 1. The number of aromatic nitrogens is 4. The lowest BCUT2D eigenvalue weighted by Gasteiger charge is -2.16. The smallest absolute Gasteiger partial charge is 0.191 e. The zero-order valence-corrected chi connectivity index (χ0v) is 14.5. The predicted octanol–water partition coefficient (Wildman–Crippen LogP) is 1.29. The molecule has 3 heterocycles. The van der Waals surface area contributed by atoms with Gasteiger partial charge in [-0.2, -0.15) is 0 Å². The maximum Gasteiger partial charge on any atom is 0.191 e. The van der Waals surface area contributed by atoms with Crippen LogP contribution < -0.4 is 10.6 Å². The van der Waals surface area contributed by atoms with Gasteiger partial charge in [-0.15, -0.1) is 21.5 Å². The summed E-state index contributed by atoms with van der Waals surface area (Å²) in [5.41, 5.74) is 1.13. The topological polar surface area (TPSA) is 80.0 Å². The molecule has 0 aromatic carbocycles. The summed E-state index contributed by atoms with van der Waals surface area (Å²) in [4.78, 5) is 8.72. The average Bonchev–Trinajstić information content (AvgIpc) is 3.17. The van der Waals surface area contributed by atoms with Crippen molar-refractivity contribution >= 4 is 17.3 Å². The summed E-state index contributed by atoms with van der Waals surface area (Å²) in [7, 11) is 1.78. The molecule has 1 aliphatic heterocycles. The largest absolute Gasteiger partial charge is 0.356 e. The highest BCUT2D eigenvalue weighted by molar-refractivity contribution is 7.09. The van der Waals surface area contributed by atoms with Crippen molar-refractivity contribution in [2.45, 2.75) is 45.7 Å². The Bertz CT molecular complexity index is 673. The number of guanidine groups is 1. The standard InChI is InChI=1S/C15H23N7S/c1-11-19-12(10-23-11)6-7-17-15(16-2)18-9-14-21-20-13-5-3-4-8-22(13)14/h10H,3-9H2,1-2H3,(H2,16,17,18). The molecule has 0 spiro atoms. The molecule has 8 heteroatoms. The monoisotopic (exact) mass is 333 g/mol. The van der Waals surface area contributed by atoms with Crippen LogP contribution in [0.1, 0.15) is 35.2 Å². The first-order valence-electron chi connectivity index (χ1n) is 8.02. The highest BCUT2D eigenvalue weighted by atomic mass is 32.1. The van der Waals surface area contributed by atoms with Crippen molar-refractivity contribution in [1.82, 2.24) is 30.4 Å². The molecule has 124 valence electrons. The molecule has 2 aromatic heterocycles. The van der Waals surface area contributed by atoms with Crippen LogP contribution in [-0.4, -0.2) is 39.3 Å². The molecule has 2 N–H and O–H groups in total. The van der Waals surface area contributed by atoms with Crippen molar-refractivity contribution < 1.29 is 0 Å². The van der Waals surface area contributed by atoms with E-state index in [4.69, 9.17) is 0 Å². The molecule has 3 rings (SSSR count). The van der Waals surface area contributed by atoms with Gasteiger partial charge in [-0.3, -0.25) is 4.99 Å². The van der Waals surface area contributed by atoms with E-state index in [1.165, 1.54) is 12.8 Å². The molecule has 0 saturated heterocycles. The van der Waals surface area contributed by atoms with Gasteiger partial charge < -0.3 is 15.2 Å². The molecule has 1 aliphatic rings. The third-order valence-corrected chi connectivity index (χ3v) is 4.74. The van der Waals surface area contributed by atoms with Crippen LogP contribution in [0.5, 0.6) is 0 Å². The fourth-order valence-electron chi connectivity index (χ4n) is 2.71. The minimum atomic E-state index is 0.641. The van der Waals surface area contributed by atoms with Gasteiger partial charge in [0.15, 0.2) is 11.8 Å². The molecular formula is C15H23N7S. The predicted molar refractivity (Wildman–Crippen MR) is 91.7 cm³/mol. The molecule has 0 amide bonds. The number of rotatable bonds is 5. The van der Waals surface area contributed by atoms with Gasteiger partial charge in [-0.25, -0.2) is 4.98 Å². The van der Waals surface area contributed by atoms with Gasteiger partial charge in [0.1, 0.15) is 5.82 Å². The van der Waals surface area contributed by atoms with Gasteiger partial charge in [-0.05, 0) is 19.8 Å². The molecule has 0 aliphatic carbocycles. The van der Waals surface area contributed by atoms with Gasteiger partial charge in [-0.1, -0.05) is 0 Å². The molecule has 0 bridgehead atoms. The molecule has 23 heavy (non-hydrogen) atoms. The number of nitrogens with zero attached hydrogens (tertiary/aromatic N) is 5. The van der Waals surface area contributed by atoms with Crippen molar-refractivity contribution in [3.05, 3.63) is 27.7 Å². The molecule has 0 unspecified atom stereocenters. The summed E-state index contributed by atoms with van der Waals surface area (Å²) in [6.45, 7) is 4.50.